The number of methoxy groups -OCH3 is 1. The van der Waals surface area contributed by atoms with Crippen LogP contribution in [0.5, 0.6) is 5.75 Å². The third kappa shape index (κ3) is 2.42. The van der Waals surface area contributed by atoms with Crippen molar-refractivity contribution in [3.05, 3.63) is 51.9 Å². The van der Waals surface area contributed by atoms with E-state index in [1.165, 1.54) is 9.13 Å². The van der Waals surface area contributed by atoms with Gasteiger partial charge in [-0.05, 0) is 46.4 Å². The van der Waals surface area contributed by atoms with Gasteiger partial charge in [-0.1, -0.05) is 12.1 Å². The molecular formula is C14H12IN3O. The Kier molecular flexibility index (Phi) is 3.37. The number of rotatable bonds is 3. The van der Waals surface area contributed by atoms with Crippen molar-refractivity contribution in [2.24, 2.45) is 0 Å². The minimum Gasteiger partial charge on any atom is -0.497 e. The molecular weight excluding hydrogens is 353 g/mol. The van der Waals surface area contributed by atoms with Crippen LogP contribution >= 0.6 is 22.6 Å². The van der Waals surface area contributed by atoms with Crippen molar-refractivity contribution in [1.29, 1.82) is 0 Å². The van der Waals surface area contributed by atoms with Gasteiger partial charge in [0, 0.05) is 9.77 Å². The quantitative estimate of drug-likeness (QED) is 0.670. The lowest BCUT2D eigenvalue weighted by Gasteiger charge is -2.05. The van der Waals surface area contributed by atoms with Gasteiger partial charge in [0.15, 0.2) is 5.65 Å². The fourth-order valence-corrected chi connectivity index (χ4v) is 2.51. The third-order valence-corrected chi connectivity index (χ3v) is 3.92. The summed E-state index contributed by atoms with van der Waals surface area (Å²) in [5, 5.41) is 5.51. The van der Waals surface area contributed by atoms with Crippen molar-refractivity contribution in [2.45, 2.75) is 6.54 Å². The van der Waals surface area contributed by atoms with Gasteiger partial charge in [-0.2, -0.15) is 5.10 Å². The number of pyridine rings is 1. The van der Waals surface area contributed by atoms with Crippen LogP contribution in [0.3, 0.4) is 0 Å². The first-order valence-electron chi connectivity index (χ1n) is 5.87. The molecule has 0 amide bonds. The van der Waals surface area contributed by atoms with Crippen molar-refractivity contribution in [2.75, 3.05) is 7.11 Å². The number of ether oxygens (including phenoxy) is 1. The van der Waals surface area contributed by atoms with Gasteiger partial charge in [-0.15, -0.1) is 0 Å². The molecule has 0 spiro atoms. The molecule has 0 atom stereocenters. The standard InChI is InChI=1S/C14H12IN3O/c1-19-11-4-2-10(3-5-11)9-18-14-12(8-17-18)13(15)6-7-16-14/h2-8H,9H2,1H3. The number of hydrogen-bond acceptors (Lipinski definition) is 3. The molecule has 1 aromatic carbocycles. The molecule has 0 unspecified atom stereocenters. The van der Waals surface area contributed by atoms with Crippen molar-refractivity contribution in [3.63, 3.8) is 0 Å². The zero-order valence-electron chi connectivity index (χ0n) is 10.4. The topological polar surface area (TPSA) is 39.9 Å². The van der Waals surface area contributed by atoms with E-state index in [2.05, 4.69) is 32.7 Å². The second kappa shape index (κ2) is 5.16. The summed E-state index contributed by atoms with van der Waals surface area (Å²) in [4.78, 5) is 4.40. The van der Waals surface area contributed by atoms with E-state index >= 15 is 0 Å². The monoisotopic (exact) mass is 365 g/mol. The highest BCUT2D eigenvalue weighted by atomic mass is 127. The summed E-state index contributed by atoms with van der Waals surface area (Å²) in [7, 11) is 1.67. The Morgan fingerprint density at radius 1 is 1.21 bits per heavy atom. The van der Waals surface area contributed by atoms with E-state index in [1.807, 2.05) is 47.4 Å². The molecule has 5 heteroatoms. The fourth-order valence-electron chi connectivity index (χ4n) is 1.97. The lowest BCUT2D eigenvalue weighted by atomic mass is 10.2. The van der Waals surface area contributed by atoms with Gasteiger partial charge < -0.3 is 4.74 Å². The summed E-state index contributed by atoms with van der Waals surface area (Å²) >= 11 is 2.30. The summed E-state index contributed by atoms with van der Waals surface area (Å²) in [6, 6.07) is 9.99. The largest absolute Gasteiger partial charge is 0.497 e. The van der Waals surface area contributed by atoms with Crippen molar-refractivity contribution >= 4 is 33.6 Å². The summed E-state index contributed by atoms with van der Waals surface area (Å²) < 4.78 is 8.24. The molecule has 0 aliphatic heterocycles. The average Bonchev–Trinajstić information content (AvgIpc) is 2.84. The van der Waals surface area contributed by atoms with Crippen LogP contribution in [-0.2, 0) is 6.54 Å². The molecule has 0 bridgehead atoms. The summed E-state index contributed by atoms with van der Waals surface area (Å²) in [5.74, 6) is 0.863. The molecule has 0 aliphatic rings. The Bertz CT molecular complexity index is 706. The van der Waals surface area contributed by atoms with Gasteiger partial charge in [0.2, 0.25) is 0 Å². The zero-order chi connectivity index (χ0) is 13.2. The number of aromatic nitrogens is 3. The minimum absolute atomic E-state index is 0.709. The molecule has 3 rings (SSSR count). The predicted molar refractivity (Wildman–Crippen MR) is 82.3 cm³/mol. The second-order valence-electron chi connectivity index (χ2n) is 4.18. The van der Waals surface area contributed by atoms with Crippen LogP contribution in [0.25, 0.3) is 11.0 Å². The minimum atomic E-state index is 0.709. The highest BCUT2D eigenvalue weighted by molar-refractivity contribution is 14.1. The summed E-state index contributed by atoms with van der Waals surface area (Å²) in [5.41, 5.74) is 2.09. The van der Waals surface area contributed by atoms with Crippen LogP contribution in [-0.4, -0.2) is 21.9 Å². The van der Waals surface area contributed by atoms with Crippen LogP contribution in [0.4, 0.5) is 0 Å². The molecule has 96 valence electrons. The molecule has 19 heavy (non-hydrogen) atoms. The van der Waals surface area contributed by atoms with E-state index in [-0.39, 0.29) is 0 Å². The first-order chi connectivity index (χ1) is 9.28. The Morgan fingerprint density at radius 2 is 2.00 bits per heavy atom. The number of nitrogens with zero attached hydrogens (tertiary/aromatic N) is 3. The van der Waals surface area contributed by atoms with Crippen LogP contribution < -0.4 is 4.74 Å². The fraction of sp³-hybridized carbons (Fsp3) is 0.143. The molecule has 0 saturated heterocycles. The molecule has 0 radical (unpaired) electrons. The van der Waals surface area contributed by atoms with Crippen LogP contribution in [0.15, 0.2) is 42.7 Å². The van der Waals surface area contributed by atoms with Gasteiger partial charge >= 0.3 is 0 Å². The van der Waals surface area contributed by atoms with Crippen LogP contribution in [0.1, 0.15) is 5.56 Å². The second-order valence-corrected chi connectivity index (χ2v) is 5.34. The third-order valence-electron chi connectivity index (χ3n) is 2.98. The zero-order valence-corrected chi connectivity index (χ0v) is 12.5. The number of hydrogen-bond donors (Lipinski definition) is 0. The van der Waals surface area contributed by atoms with E-state index in [0.717, 1.165) is 16.8 Å². The Labute approximate surface area is 124 Å². The first kappa shape index (κ1) is 12.4. The Balaban J connectivity index is 1.94. The Morgan fingerprint density at radius 3 is 2.74 bits per heavy atom. The summed E-state index contributed by atoms with van der Waals surface area (Å²) in [6.07, 6.45) is 3.68. The predicted octanol–water partition coefficient (Wildman–Crippen LogP) is 3.09. The van der Waals surface area contributed by atoms with E-state index in [0.29, 0.717) is 6.54 Å². The molecule has 4 nitrogen and oxygen atoms in total. The van der Waals surface area contributed by atoms with Gasteiger partial charge in [0.1, 0.15) is 5.75 Å². The number of benzene rings is 1. The molecule has 0 aliphatic carbocycles. The van der Waals surface area contributed by atoms with Gasteiger partial charge in [-0.25, -0.2) is 9.67 Å². The van der Waals surface area contributed by atoms with Gasteiger partial charge in [0.05, 0.1) is 25.2 Å². The molecule has 0 saturated carbocycles. The van der Waals surface area contributed by atoms with Gasteiger partial charge in [0.25, 0.3) is 0 Å². The lowest BCUT2D eigenvalue weighted by Crippen LogP contribution is -2.02. The van der Waals surface area contributed by atoms with E-state index in [1.54, 1.807) is 7.11 Å². The van der Waals surface area contributed by atoms with Crippen molar-refractivity contribution < 1.29 is 4.74 Å². The van der Waals surface area contributed by atoms with E-state index in [9.17, 15) is 0 Å². The molecule has 2 heterocycles. The van der Waals surface area contributed by atoms with Crippen molar-refractivity contribution in [1.82, 2.24) is 14.8 Å². The first-order valence-corrected chi connectivity index (χ1v) is 6.95. The molecule has 0 fully saturated rings. The van der Waals surface area contributed by atoms with E-state index < -0.39 is 0 Å². The number of halogens is 1. The SMILES string of the molecule is COc1ccc(Cn2ncc3c(I)ccnc32)cc1. The smallest absolute Gasteiger partial charge is 0.159 e. The maximum Gasteiger partial charge on any atom is 0.159 e. The molecule has 0 N–H and O–H groups in total. The van der Waals surface area contributed by atoms with E-state index in [4.69, 9.17) is 4.74 Å². The lowest BCUT2D eigenvalue weighted by molar-refractivity contribution is 0.414. The average molecular weight is 365 g/mol. The van der Waals surface area contributed by atoms with Crippen LogP contribution in [0.2, 0.25) is 0 Å². The molecule has 3 aromatic rings. The maximum absolute atomic E-state index is 5.15. The Hall–Kier alpha value is -1.63. The maximum atomic E-state index is 5.15. The van der Waals surface area contributed by atoms with Crippen LogP contribution in [0, 0.1) is 3.57 Å². The summed E-state index contributed by atoms with van der Waals surface area (Å²) in [6.45, 7) is 0.709. The molecule has 2 aromatic heterocycles. The normalized spacial score (nSPS) is 10.8. The van der Waals surface area contributed by atoms with Gasteiger partial charge in [-0.3, -0.25) is 0 Å². The van der Waals surface area contributed by atoms with Crippen molar-refractivity contribution in [3.8, 4) is 5.75 Å². The number of fused-ring (bicyclic) bond motifs is 1. The highest BCUT2D eigenvalue weighted by Crippen LogP contribution is 2.19. The highest BCUT2D eigenvalue weighted by Gasteiger charge is 2.07.